The molecule has 0 saturated carbocycles. The largest absolute Gasteiger partial charge is 0.345 e. The van der Waals surface area contributed by atoms with Gasteiger partial charge in [0, 0.05) is 65.3 Å². The molecule has 2 heterocycles. The molecule has 1 aliphatic heterocycles. The summed E-state index contributed by atoms with van der Waals surface area (Å²) in [6.07, 6.45) is 5.06. The minimum Gasteiger partial charge on any atom is -0.345 e. The van der Waals surface area contributed by atoms with Gasteiger partial charge in [0.1, 0.15) is 5.82 Å². The number of carbonyl (C=O) groups excluding carboxylic acids is 1. The van der Waals surface area contributed by atoms with Crippen molar-refractivity contribution >= 4 is 33.5 Å². The number of carbonyl (C=O) groups is 1. The third-order valence-corrected chi connectivity index (χ3v) is 6.94. The van der Waals surface area contributed by atoms with Crippen LogP contribution in [0.4, 0.5) is 13.2 Å². The van der Waals surface area contributed by atoms with Gasteiger partial charge in [-0.2, -0.15) is 8.78 Å². The van der Waals surface area contributed by atoms with Crippen LogP contribution in [-0.4, -0.2) is 59.8 Å². The van der Waals surface area contributed by atoms with E-state index in [0.29, 0.717) is 5.56 Å². The van der Waals surface area contributed by atoms with Crippen molar-refractivity contribution in [3.05, 3.63) is 74.3 Å². The number of hydrogen-bond donors (Lipinski definition) is 0. The molecule has 8 heteroatoms. The normalized spacial score (nSPS) is 15.8. The molecule has 0 spiro atoms. The number of amides is 1. The van der Waals surface area contributed by atoms with Crippen LogP contribution in [0.25, 0.3) is 11.6 Å². The molecule has 1 aromatic heterocycles. The topological polar surface area (TPSA) is 36.4 Å². The van der Waals surface area contributed by atoms with Gasteiger partial charge in [-0.1, -0.05) is 61.4 Å². The highest BCUT2D eigenvalue weighted by atomic mass is 79.9. The van der Waals surface area contributed by atoms with Gasteiger partial charge in [0.2, 0.25) is 0 Å². The average molecular weight is 597 g/mol. The predicted molar refractivity (Wildman–Crippen MR) is 156 cm³/mol. The SMILES string of the molecule is C/C(=C\c1c(Br)ccnc1C)C(C)N1CC=C(c2c(C)cc(C(=O)N(C)C)cc2F)C(F)(F)C1.CC.CC. The summed E-state index contributed by atoms with van der Waals surface area (Å²) in [7, 11) is 3.11. The van der Waals surface area contributed by atoms with E-state index >= 15 is 8.78 Å². The van der Waals surface area contributed by atoms with Crippen molar-refractivity contribution in [1.29, 1.82) is 0 Å². The molecule has 0 N–H and O–H groups in total. The fourth-order valence-corrected chi connectivity index (χ4v) is 4.69. The standard InChI is InChI=1S/C26H29BrF3N3O.2C2H6/c1-15(12-20-17(3)31-9-7-22(20)27)18(4)33-10-8-21(26(29,30)14-33)24-16(2)11-19(13-23(24)28)25(34)32(5)6;2*1-2/h7-9,11-13,18H,10,14H2,1-6H3;2*1-2H3/b15-12+;;. The number of aromatic nitrogens is 1. The van der Waals surface area contributed by atoms with Crippen LogP contribution >= 0.6 is 15.9 Å². The molecule has 3 rings (SSSR count). The van der Waals surface area contributed by atoms with Gasteiger partial charge in [-0.05, 0) is 51.5 Å². The number of aryl methyl sites for hydroxylation is 2. The molecule has 1 unspecified atom stereocenters. The lowest BCUT2D eigenvalue weighted by molar-refractivity contribution is 0.0117. The second-order valence-electron chi connectivity index (χ2n) is 8.96. The van der Waals surface area contributed by atoms with Gasteiger partial charge >= 0.3 is 0 Å². The molecule has 0 radical (unpaired) electrons. The first-order valence-corrected chi connectivity index (χ1v) is 13.8. The maximum absolute atomic E-state index is 15.3. The van der Waals surface area contributed by atoms with Gasteiger partial charge in [-0.25, -0.2) is 4.39 Å². The number of pyridine rings is 1. The molecular formula is C30H41BrF3N3O. The van der Waals surface area contributed by atoms with Crippen LogP contribution in [0, 0.1) is 19.7 Å². The number of rotatable bonds is 5. The Hall–Kier alpha value is -2.45. The van der Waals surface area contributed by atoms with Crippen molar-refractivity contribution in [3.63, 3.8) is 0 Å². The molecule has 0 saturated heterocycles. The highest BCUT2D eigenvalue weighted by Crippen LogP contribution is 2.40. The van der Waals surface area contributed by atoms with E-state index in [0.717, 1.165) is 27.4 Å². The van der Waals surface area contributed by atoms with Crippen LogP contribution in [0.5, 0.6) is 0 Å². The monoisotopic (exact) mass is 595 g/mol. The molecule has 38 heavy (non-hydrogen) atoms. The summed E-state index contributed by atoms with van der Waals surface area (Å²) in [5.74, 6) is -4.45. The summed E-state index contributed by atoms with van der Waals surface area (Å²) in [5, 5.41) is 0. The number of halogens is 4. The minimum atomic E-state index is -3.25. The Morgan fingerprint density at radius 1 is 1.18 bits per heavy atom. The van der Waals surface area contributed by atoms with E-state index < -0.39 is 18.3 Å². The molecular weight excluding hydrogens is 555 g/mol. The molecule has 4 nitrogen and oxygen atoms in total. The van der Waals surface area contributed by atoms with E-state index in [2.05, 4.69) is 20.9 Å². The quantitative estimate of drug-likeness (QED) is 0.349. The van der Waals surface area contributed by atoms with Crippen molar-refractivity contribution in [3.8, 4) is 0 Å². The van der Waals surface area contributed by atoms with E-state index in [-0.39, 0.29) is 35.2 Å². The Labute approximate surface area is 234 Å². The van der Waals surface area contributed by atoms with Crippen molar-refractivity contribution < 1.29 is 18.0 Å². The summed E-state index contributed by atoms with van der Waals surface area (Å²) in [6.45, 7) is 15.0. The third-order valence-electron chi connectivity index (χ3n) is 6.25. The van der Waals surface area contributed by atoms with Crippen LogP contribution in [0.3, 0.4) is 0 Å². The molecule has 0 fully saturated rings. The van der Waals surface area contributed by atoms with E-state index in [4.69, 9.17) is 0 Å². The lowest BCUT2D eigenvalue weighted by atomic mass is 9.90. The number of nitrogens with zero attached hydrogens (tertiary/aromatic N) is 3. The van der Waals surface area contributed by atoms with Gasteiger partial charge < -0.3 is 4.90 Å². The van der Waals surface area contributed by atoms with Gasteiger partial charge in [-0.3, -0.25) is 14.7 Å². The molecule has 1 atom stereocenters. The summed E-state index contributed by atoms with van der Waals surface area (Å²) in [5.41, 5.74) is 2.66. The van der Waals surface area contributed by atoms with Crippen molar-refractivity contribution in [2.45, 2.75) is 67.4 Å². The first kappa shape index (κ1) is 33.6. The van der Waals surface area contributed by atoms with E-state index in [9.17, 15) is 9.18 Å². The first-order valence-electron chi connectivity index (χ1n) is 13.0. The van der Waals surface area contributed by atoms with Crippen molar-refractivity contribution in [2.24, 2.45) is 0 Å². The van der Waals surface area contributed by atoms with Crippen LogP contribution in [0.1, 0.15) is 74.3 Å². The van der Waals surface area contributed by atoms with Crippen LogP contribution in [-0.2, 0) is 0 Å². The summed E-state index contributed by atoms with van der Waals surface area (Å²) < 4.78 is 46.6. The Kier molecular flexibility index (Phi) is 12.9. The van der Waals surface area contributed by atoms with Gasteiger partial charge in [0.25, 0.3) is 11.8 Å². The summed E-state index contributed by atoms with van der Waals surface area (Å²) in [6, 6.07) is 4.08. The zero-order chi connectivity index (χ0) is 29.4. The van der Waals surface area contributed by atoms with Gasteiger partial charge in [0.05, 0.1) is 6.54 Å². The van der Waals surface area contributed by atoms with E-state index in [1.165, 1.54) is 17.0 Å². The fraction of sp³-hybridized carbons (Fsp3) is 0.467. The maximum atomic E-state index is 15.3. The molecule has 0 bridgehead atoms. The zero-order valence-electron chi connectivity index (χ0n) is 24.2. The Balaban J connectivity index is 0.00000172. The highest BCUT2D eigenvalue weighted by Gasteiger charge is 2.42. The van der Waals surface area contributed by atoms with E-state index in [1.807, 2.05) is 60.6 Å². The zero-order valence-corrected chi connectivity index (χ0v) is 25.8. The number of benzene rings is 1. The lowest BCUT2D eigenvalue weighted by Crippen LogP contribution is -2.46. The minimum absolute atomic E-state index is 0.130. The third kappa shape index (κ3) is 7.79. The Bertz CT molecular complexity index is 1130. The average Bonchev–Trinajstić information content (AvgIpc) is 2.87. The predicted octanol–water partition coefficient (Wildman–Crippen LogP) is 8.18. The fourth-order valence-electron chi connectivity index (χ4n) is 4.17. The molecule has 2 aromatic rings. The van der Waals surface area contributed by atoms with Crippen molar-refractivity contribution in [2.75, 3.05) is 27.2 Å². The second-order valence-corrected chi connectivity index (χ2v) is 9.81. The first-order chi connectivity index (χ1) is 17.8. The Morgan fingerprint density at radius 3 is 2.29 bits per heavy atom. The van der Waals surface area contributed by atoms with Gasteiger partial charge in [0.15, 0.2) is 0 Å². The van der Waals surface area contributed by atoms with Crippen LogP contribution in [0.15, 0.2) is 40.5 Å². The molecule has 1 aliphatic rings. The lowest BCUT2D eigenvalue weighted by Gasteiger charge is -2.37. The molecule has 210 valence electrons. The number of hydrogen-bond acceptors (Lipinski definition) is 3. The van der Waals surface area contributed by atoms with Crippen LogP contribution < -0.4 is 0 Å². The van der Waals surface area contributed by atoms with Crippen molar-refractivity contribution in [1.82, 2.24) is 14.8 Å². The molecule has 1 amide bonds. The second kappa shape index (κ2) is 14.6. The summed E-state index contributed by atoms with van der Waals surface area (Å²) >= 11 is 3.52. The maximum Gasteiger partial charge on any atom is 0.286 e. The van der Waals surface area contributed by atoms with E-state index in [1.54, 1.807) is 32.1 Å². The Morgan fingerprint density at radius 2 is 1.79 bits per heavy atom. The van der Waals surface area contributed by atoms with Crippen LogP contribution in [0.2, 0.25) is 0 Å². The smallest absolute Gasteiger partial charge is 0.286 e. The molecule has 1 aromatic carbocycles. The highest BCUT2D eigenvalue weighted by molar-refractivity contribution is 9.10. The molecule has 0 aliphatic carbocycles. The number of alkyl halides is 2. The summed E-state index contributed by atoms with van der Waals surface area (Å²) in [4.78, 5) is 19.5. The van der Waals surface area contributed by atoms with Gasteiger partial charge in [-0.15, -0.1) is 0 Å².